The minimum atomic E-state index is -0.193. The van der Waals surface area contributed by atoms with E-state index in [9.17, 15) is 4.79 Å². The van der Waals surface area contributed by atoms with Crippen molar-refractivity contribution in [2.75, 3.05) is 26.0 Å². The fourth-order valence-electron chi connectivity index (χ4n) is 1.64. The number of benzene rings is 1. The zero-order valence-electron chi connectivity index (χ0n) is 9.83. The van der Waals surface area contributed by atoms with E-state index in [0.717, 1.165) is 10.1 Å². The van der Waals surface area contributed by atoms with Crippen LogP contribution >= 0.6 is 22.9 Å². The molecule has 2 rings (SSSR count). The molecule has 0 saturated heterocycles. The zero-order valence-corrected chi connectivity index (χ0v) is 11.4. The molecule has 96 valence electrons. The number of nitrogens with two attached hydrogens (primary N) is 1. The average molecular weight is 285 g/mol. The number of nitrogens with one attached hydrogen (secondary N) is 1. The van der Waals surface area contributed by atoms with Crippen LogP contribution in [-0.4, -0.2) is 26.2 Å². The maximum Gasteiger partial charge on any atom is 0.263 e. The first kappa shape index (κ1) is 13.1. The van der Waals surface area contributed by atoms with Crippen molar-refractivity contribution in [3.8, 4) is 0 Å². The predicted octanol–water partition coefficient (Wildman–Crippen LogP) is 2.51. The molecule has 0 spiro atoms. The molecule has 1 aromatic heterocycles. The number of thiophene rings is 1. The second kappa shape index (κ2) is 5.56. The number of carbonyl (C=O) groups excluding carboxylic acids is 1. The second-order valence-corrected chi connectivity index (χ2v) is 5.17. The van der Waals surface area contributed by atoms with Gasteiger partial charge in [0.1, 0.15) is 4.88 Å². The Morgan fingerprint density at radius 3 is 3.00 bits per heavy atom. The van der Waals surface area contributed by atoms with Crippen LogP contribution in [-0.2, 0) is 4.74 Å². The lowest BCUT2D eigenvalue weighted by molar-refractivity contribution is 0.0942. The number of anilines is 1. The van der Waals surface area contributed by atoms with Crippen molar-refractivity contribution in [3.05, 3.63) is 28.1 Å². The molecule has 1 amide bonds. The molecule has 0 atom stereocenters. The smallest absolute Gasteiger partial charge is 0.263 e. The highest BCUT2D eigenvalue weighted by Gasteiger charge is 2.17. The molecule has 1 aromatic carbocycles. The number of nitrogen functional groups attached to an aromatic ring is 1. The van der Waals surface area contributed by atoms with Gasteiger partial charge in [-0.1, -0.05) is 17.7 Å². The molecule has 0 aliphatic heterocycles. The lowest BCUT2D eigenvalue weighted by atomic mass is 10.2. The third-order valence-corrected chi connectivity index (χ3v) is 3.98. The Hall–Kier alpha value is -1.30. The molecule has 18 heavy (non-hydrogen) atoms. The lowest BCUT2D eigenvalue weighted by Gasteiger charge is -2.03. The van der Waals surface area contributed by atoms with Crippen molar-refractivity contribution in [2.24, 2.45) is 0 Å². The fourth-order valence-corrected chi connectivity index (χ4v) is 3.04. The van der Waals surface area contributed by atoms with Crippen LogP contribution in [0.1, 0.15) is 9.67 Å². The number of hydrogen-bond acceptors (Lipinski definition) is 4. The monoisotopic (exact) mass is 284 g/mol. The van der Waals surface area contributed by atoms with E-state index in [0.29, 0.717) is 28.7 Å². The summed E-state index contributed by atoms with van der Waals surface area (Å²) < 4.78 is 5.79. The first-order valence-corrected chi connectivity index (χ1v) is 6.58. The van der Waals surface area contributed by atoms with Gasteiger partial charge in [0.25, 0.3) is 5.91 Å². The highest BCUT2D eigenvalue weighted by Crippen LogP contribution is 2.37. The Kier molecular flexibility index (Phi) is 4.06. The molecule has 6 heteroatoms. The van der Waals surface area contributed by atoms with Crippen LogP contribution in [0.3, 0.4) is 0 Å². The van der Waals surface area contributed by atoms with Gasteiger partial charge in [0.15, 0.2) is 0 Å². The van der Waals surface area contributed by atoms with E-state index in [1.807, 2.05) is 12.1 Å². The van der Waals surface area contributed by atoms with Gasteiger partial charge in [-0.3, -0.25) is 4.79 Å². The van der Waals surface area contributed by atoms with E-state index in [-0.39, 0.29) is 5.91 Å². The van der Waals surface area contributed by atoms with Gasteiger partial charge in [-0.05, 0) is 12.1 Å². The number of halogens is 1. The van der Waals surface area contributed by atoms with Crippen molar-refractivity contribution in [1.29, 1.82) is 0 Å². The Morgan fingerprint density at radius 2 is 2.33 bits per heavy atom. The van der Waals surface area contributed by atoms with E-state index in [1.54, 1.807) is 13.2 Å². The topological polar surface area (TPSA) is 64.3 Å². The highest BCUT2D eigenvalue weighted by molar-refractivity contribution is 7.21. The predicted molar refractivity (Wildman–Crippen MR) is 75.5 cm³/mol. The first-order valence-electron chi connectivity index (χ1n) is 5.38. The molecule has 4 nitrogen and oxygen atoms in total. The fraction of sp³-hybridized carbons (Fsp3) is 0.250. The molecule has 1 heterocycles. The molecule has 0 radical (unpaired) electrons. The van der Waals surface area contributed by atoms with Crippen LogP contribution in [0, 0.1) is 0 Å². The van der Waals surface area contributed by atoms with Crippen LogP contribution in [0.2, 0.25) is 5.02 Å². The number of fused-ring (bicyclic) bond motifs is 1. The largest absolute Gasteiger partial charge is 0.397 e. The molecular formula is C12H13ClN2O2S. The molecule has 0 saturated carbocycles. The van der Waals surface area contributed by atoms with Gasteiger partial charge in [0.05, 0.1) is 17.3 Å². The van der Waals surface area contributed by atoms with Gasteiger partial charge in [-0.2, -0.15) is 0 Å². The molecule has 0 unspecified atom stereocenters. The summed E-state index contributed by atoms with van der Waals surface area (Å²) in [7, 11) is 1.58. The number of rotatable bonds is 4. The van der Waals surface area contributed by atoms with Gasteiger partial charge < -0.3 is 15.8 Å². The minimum absolute atomic E-state index is 0.193. The van der Waals surface area contributed by atoms with Gasteiger partial charge in [-0.15, -0.1) is 11.3 Å². The molecule has 0 aliphatic rings. The third-order valence-electron chi connectivity index (χ3n) is 2.50. The summed E-state index contributed by atoms with van der Waals surface area (Å²) in [5, 5.41) is 4.06. The van der Waals surface area contributed by atoms with Crippen LogP contribution in [0.25, 0.3) is 10.1 Å². The van der Waals surface area contributed by atoms with E-state index >= 15 is 0 Å². The molecule has 0 aliphatic carbocycles. The summed E-state index contributed by atoms with van der Waals surface area (Å²) in [5.41, 5.74) is 6.42. The third kappa shape index (κ3) is 2.43. The van der Waals surface area contributed by atoms with Crippen LogP contribution in [0.4, 0.5) is 5.69 Å². The van der Waals surface area contributed by atoms with Crippen molar-refractivity contribution >= 4 is 44.6 Å². The number of carbonyl (C=O) groups is 1. The summed E-state index contributed by atoms with van der Waals surface area (Å²) >= 11 is 7.42. The van der Waals surface area contributed by atoms with Crippen LogP contribution in [0.5, 0.6) is 0 Å². The van der Waals surface area contributed by atoms with Crippen LogP contribution < -0.4 is 11.1 Å². The summed E-state index contributed by atoms with van der Waals surface area (Å²) in [4.78, 5) is 12.4. The molecular weight excluding hydrogens is 272 g/mol. The molecule has 0 fully saturated rings. The minimum Gasteiger partial charge on any atom is -0.397 e. The van der Waals surface area contributed by atoms with Crippen molar-refractivity contribution in [2.45, 2.75) is 0 Å². The quantitative estimate of drug-likeness (QED) is 0.848. The van der Waals surface area contributed by atoms with E-state index in [4.69, 9.17) is 22.1 Å². The maximum atomic E-state index is 11.9. The number of ether oxygens (including phenoxy) is 1. The van der Waals surface area contributed by atoms with E-state index in [2.05, 4.69) is 5.32 Å². The van der Waals surface area contributed by atoms with Crippen molar-refractivity contribution in [3.63, 3.8) is 0 Å². The van der Waals surface area contributed by atoms with Crippen molar-refractivity contribution in [1.82, 2.24) is 5.32 Å². The van der Waals surface area contributed by atoms with Crippen molar-refractivity contribution < 1.29 is 9.53 Å². The SMILES string of the molecule is COCCNC(=O)c1sc2cccc(Cl)c2c1N. The standard InChI is InChI=1S/C12H13ClN2O2S/c1-17-6-5-15-12(16)11-10(14)9-7(13)3-2-4-8(9)18-11/h2-4H,5-6,14H2,1H3,(H,15,16). The summed E-state index contributed by atoms with van der Waals surface area (Å²) in [6.07, 6.45) is 0. The Labute approximate surface area is 114 Å². The van der Waals surface area contributed by atoms with Gasteiger partial charge in [0.2, 0.25) is 0 Å². The highest BCUT2D eigenvalue weighted by atomic mass is 35.5. The second-order valence-electron chi connectivity index (χ2n) is 3.71. The maximum absolute atomic E-state index is 11.9. The molecule has 3 N–H and O–H groups in total. The summed E-state index contributed by atoms with van der Waals surface area (Å²) in [6, 6.07) is 5.50. The molecule has 0 bridgehead atoms. The normalized spacial score (nSPS) is 10.8. The Bertz CT molecular complexity index is 583. The molecule has 2 aromatic rings. The zero-order chi connectivity index (χ0) is 13.1. The Morgan fingerprint density at radius 1 is 1.56 bits per heavy atom. The van der Waals surface area contributed by atoms with E-state index < -0.39 is 0 Å². The number of amides is 1. The Balaban J connectivity index is 2.31. The number of methoxy groups -OCH3 is 1. The lowest BCUT2D eigenvalue weighted by Crippen LogP contribution is -2.26. The average Bonchev–Trinajstić information content (AvgIpc) is 2.68. The summed E-state index contributed by atoms with van der Waals surface area (Å²) in [6.45, 7) is 0.925. The first-order chi connectivity index (χ1) is 8.65. The number of hydrogen-bond donors (Lipinski definition) is 2. The summed E-state index contributed by atoms with van der Waals surface area (Å²) in [5.74, 6) is -0.193. The van der Waals surface area contributed by atoms with Crippen LogP contribution in [0.15, 0.2) is 18.2 Å². The van der Waals surface area contributed by atoms with E-state index in [1.165, 1.54) is 11.3 Å². The van der Waals surface area contributed by atoms with Gasteiger partial charge >= 0.3 is 0 Å². The van der Waals surface area contributed by atoms with Gasteiger partial charge in [0, 0.05) is 23.7 Å². The van der Waals surface area contributed by atoms with Gasteiger partial charge in [-0.25, -0.2) is 0 Å².